The van der Waals surface area contributed by atoms with Gasteiger partial charge in [0.05, 0.1) is 0 Å². The molecule has 0 aliphatic rings. The first-order valence-corrected chi connectivity index (χ1v) is 7.06. The van der Waals surface area contributed by atoms with E-state index in [0.717, 1.165) is 12.1 Å². The highest BCUT2D eigenvalue weighted by Crippen LogP contribution is 2.28. The van der Waals surface area contributed by atoms with Crippen LogP contribution in [0.2, 0.25) is 0 Å². The van der Waals surface area contributed by atoms with E-state index in [-0.39, 0.29) is 0 Å². The molecule has 100 valence electrons. The van der Waals surface area contributed by atoms with Gasteiger partial charge in [0.15, 0.2) is 0 Å². The second-order valence-electron chi connectivity index (χ2n) is 5.33. The van der Waals surface area contributed by atoms with Crippen molar-refractivity contribution >= 4 is 16.5 Å². The fourth-order valence-electron chi connectivity index (χ4n) is 2.74. The number of anilines is 1. The largest absolute Gasteiger partial charge is 0.399 e. The lowest BCUT2D eigenvalue weighted by Gasteiger charge is -2.08. The summed E-state index contributed by atoms with van der Waals surface area (Å²) >= 11 is 0. The lowest BCUT2D eigenvalue weighted by atomic mass is 9.97. The maximum Gasteiger partial charge on any atom is 0.0323 e. The lowest BCUT2D eigenvalue weighted by molar-refractivity contribution is 1.14. The third kappa shape index (κ3) is 2.27. The zero-order chi connectivity index (χ0) is 14.1. The summed E-state index contributed by atoms with van der Waals surface area (Å²) in [7, 11) is 0. The number of fused-ring (bicyclic) bond motifs is 1. The number of rotatable bonds is 2. The second-order valence-corrected chi connectivity index (χ2v) is 5.33. The molecule has 3 rings (SSSR count). The molecule has 0 fully saturated rings. The van der Waals surface area contributed by atoms with Crippen molar-refractivity contribution in [2.24, 2.45) is 0 Å². The van der Waals surface area contributed by atoms with Crippen molar-refractivity contribution in [2.45, 2.75) is 20.3 Å². The van der Waals surface area contributed by atoms with Crippen LogP contribution in [0.1, 0.15) is 18.1 Å². The van der Waals surface area contributed by atoms with Crippen LogP contribution in [0.3, 0.4) is 0 Å². The van der Waals surface area contributed by atoms with E-state index in [1.54, 1.807) is 0 Å². The summed E-state index contributed by atoms with van der Waals surface area (Å²) in [5.41, 5.74) is 11.9. The van der Waals surface area contributed by atoms with Crippen LogP contribution >= 0.6 is 0 Å². The zero-order valence-electron chi connectivity index (χ0n) is 12.0. The molecule has 3 aromatic carbocycles. The average molecular weight is 261 g/mol. The highest BCUT2D eigenvalue weighted by Gasteiger charge is 2.03. The van der Waals surface area contributed by atoms with Gasteiger partial charge in [0, 0.05) is 5.69 Å². The second kappa shape index (κ2) is 5.01. The summed E-state index contributed by atoms with van der Waals surface area (Å²) in [6, 6.07) is 19.4. The number of hydrogen-bond acceptors (Lipinski definition) is 1. The molecule has 0 aliphatic carbocycles. The van der Waals surface area contributed by atoms with Crippen LogP contribution in [0.25, 0.3) is 21.9 Å². The molecule has 0 bridgehead atoms. The molecule has 0 radical (unpaired) electrons. The Hall–Kier alpha value is -2.28. The Kier molecular flexibility index (Phi) is 3.19. The molecule has 0 heterocycles. The van der Waals surface area contributed by atoms with Crippen LogP contribution in [-0.2, 0) is 6.42 Å². The predicted molar refractivity (Wildman–Crippen MR) is 87.9 cm³/mol. The van der Waals surface area contributed by atoms with Gasteiger partial charge in [0.1, 0.15) is 0 Å². The zero-order valence-corrected chi connectivity index (χ0v) is 12.0. The average Bonchev–Trinajstić information content (AvgIpc) is 2.46. The monoisotopic (exact) mass is 261 g/mol. The van der Waals surface area contributed by atoms with Gasteiger partial charge < -0.3 is 5.73 Å². The number of nitrogens with two attached hydrogens (primary N) is 1. The van der Waals surface area contributed by atoms with Gasteiger partial charge in [-0.15, -0.1) is 0 Å². The fraction of sp³-hybridized carbons (Fsp3) is 0.158. The number of nitrogen functional groups attached to an aromatic ring is 1. The van der Waals surface area contributed by atoms with Gasteiger partial charge in [0.25, 0.3) is 0 Å². The molecular formula is C19H19N. The minimum Gasteiger partial charge on any atom is -0.399 e. The molecule has 1 heteroatoms. The van der Waals surface area contributed by atoms with Gasteiger partial charge in [-0.3, -0.25) is 0 Å². The van der Waals surface area contributed by atoms with Crippen molar-refractivity contribution in [3.8, 4) is 11.1 Å². The van der Waals surface area contributed by atoms with Crippen LogP contribution in [0.4, 0.5) is 5.69 Å². The highest BCUT2D eigenvalue weighted by molar-refractivity contribution is 5.92. The van der Waals surface area contributed by atoms with Crippen molar-refractivity contribution in [3.63, 3.8) is 0 Å². The third-order valence-corrected chi connectivity index (χ3v) is 3.85. The van der Waals surface area contributed by atoms with Crippen molar-refractivity contribution in [1.29, 1.82) is 0 Å². The van der Waals surface area contributed by atoms with E-state index in [1.807, 2.05) is 6.07 Å². The number of aryl methyl sites for hydroxylation is 2. The SMILES string of the molecule is CCc1cccc(-c2ccc3c(C)cc(N)cc3c2)c1. The van der Waals surface area contributed by atoms with Gasteiger partial charge in [-0.25, -0.2) is 0 Å². The van der Waals surface area contributed by atoms with Crippen LogP contribution in [0.5, 0.6) is 0 Å². The summed E-state index contributed by atoms with van der Waals surface area (Å²) in [6.07, 6.45) is 1.06. The van der Waals surface area contributed by atoms with Crippen LogP contribution in [-0.4, -0.2) is 0 Å². The molecule has 0 unspecified atom stereocenters. The highest BCUT2D eigenvalue weighted by atomic mass is 14.5. The Morgan fingerprint density at radius 3 is 2.50 bits per heavy atom. The third-order valence-electron chi connectivity index (χ3n) is 3.85. The maximum atomic E-state index is 5.96. The number of benzene rings is 3. The summed E-state index contributed by atoms with van der Waals surface area (Å²) in [6.45, 7) is 4.29. The van der Waals surface area contributed by atoms with Gasteiger partial charge in [-0.2, -0.15) is 0 Å². The van der Waals surface area contributed by atoms with Crippen LogP contribution in [0, 0.1) is 6.92 Å². The topological polar surface area (TPSA) is 26.0 Å². The smallest absolute Gasteiger partial charge is 0.0323 e. The molecule has 2 N–H and O–H groups in total. The Balaban J connectivity index is 2.17. The van der Waals surface area contributed by atoms with Crippen LogP contribution < -0.4 is 5.73 Å². The maximum absolute atomic E-state index is 5.96. The van der Waals surface area contributed by atoms with E-state index in [1.165, 1.54) is 33.0 Å². The van der Waals surface area contributed by atoms with Crippen molar-refractivity contribution in [2.75, 3.05) is 5.73 Å². The van der Waals surface area contributed by atoms with Crippen LogP contribution in [0.15, 0.2) is 54.6 Å². The van der Waals surface area contributed by atoms with Gasteiger partial charge in [-0.1, -0.05) is 43.3 Å². The van der Waals surface area contributed by atoms with E-state index in [0.29, 0.717) is 0 Å². The molecule has 3 aromatic rings. The first-order chi connectivity index (χ1) is 9.67. The normalized spacial score (nSPS) is 10.9. The molecule has 0 saturated carbocycles. The van der Waals surface area contributed by atoms with Gasteiger partial charge in [0.2, 0.25) is 0 Å². The van der Waals surface area contributed by atoms with E-state index < -0.39 is 0 Å². The van der Waals surface area contributed by atoms with Crippen molar-refractivity contribution in [3.05, 3.63) is 65.7 Å². The molecule has 0 amide bonds. The lowest BCUT2D eigenvalue weighted by Crippen LogP contribution is -1.88. The molecule has 0 atom stereocenters. The van der Waals surface area contributed by atoms with Gasteiger partial charge >= 0.3 is 0 Å². The summed E-state index contributed by atoms with van der Waals surface area (Å²) < 4.78 is 0. The van der Waals surface area contributed by atoms with Gasteiger partial charge in [-0.05, 0) is 64.6 Å². The molecule has 1 nitrogen and oxygen atoms in total. The summed E-state index contributed by atoms with van der Waals surface area (Å²) in [5, 5.41) is 2.48. The van der Waals surface area contributed by atoms with E-state index >= 15 is 0 Å². The predicted octanol–water partition coefficient (Wildman–Crippen LogP) is 4.96. The van der Waals surface area contributed by atoms with E-state index in [9.17, 15) is 0 Å². The summed E-state index contributed by atoms with van der Waals surface area (Å²) in [5.74, 6) is 0. The molecular weight excluding hydrogens is 242 g/mol. The molecule has 0 spiro atoms. The Morgan fingerprint density at radius 1 is 0.900 bits per heavy atom. The minimum atomic E-state index is 0.828. The molecule has 0 aromatic heterocycles. The Morgan fingerprint density at radius 2 is 1.70 bits per heavy atom. The van der Waals surface area contributed by atoms with Crippen molar-refractivity contribution < 1.29 is 0 Å². The van der Waals surface area contributed by atoms with E-state index in [2.05, 4.69) is 62.4 Å². The first kappa shape index (κ1) is 12.7. The Bertz CT molecular complexity index is 772. The molecule has 0 aliphatic heterocycles. The quantitative estimate of drug-likeness (QED) is 0.648. The molecule has 20 heavy (non-hydrogen) atoms. The summed E-state index contributed by atoms with van der Waals surface area (Å²) in [4.78, 5) is 0. The minimum absolute atomic E-state index is 0.828. The van der Waals surface area contributed by atoms with Crippen molar-refractivity contribution in [1.82, 2.24) is 0 Å². The first-order valence-electron chi connectivity index (χ1n) is 7.06. The van der Waals surface area contributed by atoms with E-state index in [4.69, 9.17) is 5.73 Å². The number of hydrogen-bond donors (Lipinski definition) is 1. The molecule has 0 saturated heterocycles. The standard InChI is InChI=1S/C19H19N/c1-3-14-5-4-6-15(10-14)16-7-8-19-13(2)9-18(20)12-17(19)11-16/h4-12H,3,20H2,1-2H3. The Labute approximate surface area is 120 Å². The fourth-order valence-corrected chi connectivity index (χ4v) is 2.74.